The van der Waals surface area contributed by atoms with Crippen LogP contribution in [0.3, 0.4) is 0 Å². The molecule has 0 saturated heterocycles. The second kappa shape index (κ2) is 6.80. The monoisotopic (exact) mass is 307 g/mol. The number of rotatable bonds is 7. The number of benzene rings is 1. The zero-order valence-corrected chi connectivity index (χ0v) is 11.6. The topological polar surface area (TPSA) is 115 Å². The quantitative estimate of drug-likeness (QED) is 0.447. The lowest BCUT2D eigenvalue weighted by Crippen LogP contribution is -2.26. The molecule has 0 atom stereocenters. The van der Waals surface area contributed by atoms with Gasteiger partial charge < -0.3 is 5.73 Å². The van der Waals surface area contributed by atoms with E-state index in [1.54, 1.807) is 0 Å². The third kappa shape index (κ3) is 4.43. The van der Waals surface area contributed by atoms with Gasteiger partial charge in [-0.05, 0) is 31.5 Å². The number of sulfonamides is 1. The summed E-state index contributed by atoms with van der Waals surface area (Å²) >= 11 is 5.62. The van der Waals surface area contributed by atoms with E-state index in [9.17, 15) is 18.5 Å². The van der Waals surface area contributed by atoms with Crippen molar-refractivity contribution < 1.29 is 13.3 Å². The Morgan fingerprint density at radius 2 is 2.05 bits per heavy atom. The lowest BCUT2D eigenvalue weighted by molar-refractivity contribution is -0.387. The van der Waals surface area contributed by atoms with Gasteiger partial charge in [-0.25, -0.2) is 13.1 Å². The smallest absolute Gasteiger partial charge is 0.290 e. The molecule has 9 heteroatoms. The van der Waals surface area contributed by atoms with Crippen molar-refractivity contribution >= 4 is 27.3 Å². The highest BCUT2D eigenvalue weighted by Crippen LogP contribution is 2.26. The van der Waals surface area contributed by atoms with Crippen LogP contribution in [0, 0.1) is 10.1 Å². The van der Waals surface area contributed by atoms with Crippen LogP contribution in [0.25, 0.3) is 0 Å². The van der Waals surface area contributed by atoms with Crippen molar-refractivity contribution in [1.82, 2.24) is 4.72 Å². The second-order valence-corrected chi connectivity index (χ2v) is 5.93. The van der Waals surface area contributed by atoms with Gasteiger partial charge in [0, 0.05) is 17.6 Å². The van der Waals surface area contributed by atoms with E-state index in [0.717, 1.165) is 12.1 Å². The average Bonchev–Trinajstić information content (AvgIpc) is 2.34. The summed E-state index contributed by atoms with van der Waals surface area (Å²) in [6, 6.07) is 3.42. The molecule has 0 aliphatic carbocycles. The molecule has 0 spiro atoms. The minimum Gasteiger partial charge on any atom is -0.330 e. The second-order valence-electron chi connectivity index (χ2n) is 3.76. The van der Waals surface area contributed by atoms with Crippen LogP contribution < -0.4 is 10.5 Å². The number of nitrogens with two attached hydrogens (primary N) is 1. The first-order valence-electron chi connectivity index (χ1n) is 5.52. The fourth-order valence-electron chi connectivity index (χ4n) is 1.41. The summed E-state index contributed by atoms with van der Waals surface area (Å²) in [6.07, 6.45) is 1.24. The number of hydrogen-bond acceptors (Lipinski definition) is 5. The van der Waals surface area contributed by atoms with Crippen molar-refractivity contribution in [3.63, 3.8) is 0 Å². The number of unbranched alkanes of at least 4 members (excludes halogenated alkanes) is 1. The molecular weight excluding hydrogens is 294 g/mol. The van der Waals surface area contributed by atoms with E-state index in [4.69, 9.17) is 17.3 Å². The number of nitro benzene ring substituents is 1. The number of halogens is 1. The maximum Gasteiger partial charge on any atom is 0.290 e. The summed E-state index contributed by atoms with van der Waals surface area (Å²) < 4.78 is 26.2. The Labute approximate surface area is 115 Å². The molecule has 19 heavy (non-hydrogen) atoms. The van der Waals surface area contributed by atoms with E-state index < -0.39 is 25.5 Å². The van der Waals surface area contributed by atoms with Crippen LogP contribution in [0.2, 0.25) is 5.02 Å². The Kier molecular flexibility index (Phi) is 5.67. The SMILES string of the molecule is NCCCCNS(=O)(=O)c1ccc(Cl)cc1[N+](=O)[O-]. The Hall–Kier alpha value is -1.22. The molecule has 0 fully saturated rings. The first kappa shape index (κ1) is 15.8. The summed E-state index contributed by atoms with van der Waals surface area (Å²) in [5.41, 5.74) is 4.75. The van der Waals surface area contributed by atoms with Crippen LogP contribution in [-0.4, -0.2) is 26.4 Å². The van der Waals surface area contributed by atoms with Crippen molar-refractivity contribution in [1.29, 1.82) is 0 Å². The molecule has 7 nitrogen and oxygen atoms in total. The van der Waals surface area contributed by atoms with Gasteiger partial charge in [0.2, 0.25) is 10.0 Å². The van der Waals surface area contributed by atoms with Crippen LogP contribution >= 0.6 is 11.6 Å². The van der Waals surface area contributed by atoms with E-state index in [-0.39, 0.29) is 11.6 Å². The average molecular weight is 308 g/mol. The van der Waals surface area contributed by atoms with E-state index in [2.05, 4.69) is 4.72 Å². The van der Waals surface area contributed by atoms with Gasteiger partial charge in [0.05, 0.1) is 4.92 Å². The molecule has 0 radical (unpaired) electrons. The van der Waals surface area contributed by atoms with Gasteiger partial charge >= 0.3 is 0 Å². The van der Waals surface area contributed by atoms with Crippen molar-refractivity contribution in [2.24, 2.45) is 5.73 Å². The molecule has 0 aromatic heterocycles. The van der Waals surface area contributed by atoms with Crippen LogP contribution in [0.15, 0.2) is 23.1 Å². The van der Waals surface area contributed by atoms with Crippen LogP contribution in [0.5, 0.6) is 0 Å². The summed E-state index contributed by atoms with van der Waals surface area (Å²) in [7, 11) is -3.92. The zero-order chi connectivity index (χ0) is 14.5. The summed E-state index contributed by atoms with van der Waals surface area (Å²) in [5.74, 6) is 0. The molecule has 0 bridgehead atoms. The van der Waals surface area contributed by atoms with E-state index in [0.29, 0.717) is 19.4 Å². The molecule has 3 N–H and O–H groups in total. The molecule has 1 aromatic rings. The van der Waals surface area contributed by atoms with Gasteiger partial charge in [0.1, 0.15) is 0 Å². The first-order valence-corrected chi connectivity index (χ1v) is 7.38. The maximum absolute atomic E-state index is 11.9. The number of hydrogen-bond donors (Lipinski definition) is 2. The maximum atomic E-state index is 11.9. The van der Waals surface area contributed by atoms with E-state index in [1.165, 1.54) is 6.07 Å². The number of nitrogens with one attached hydrogen (secondary N) is 1. The summed E-state index contributed by atoms with van der Waals surface area (Å²) in [5, 5.41) is 10.9. The largest absolute Gasteiger partial charge is 0.330 e. The molecule has 1 rings (SSSR count). The van der Waals surface area contributed by atoms with Gasteiger partial charge in [-0.3, -0.25) is 10.1 Å². The highest BCUT2D eigenvalue weighted by Gasteiger charge is 2.25. The van der Waals surface area contributed by atoms with Gasteiger partial charge in [0.25, 0.3) is 5.69 Å². The predicted octanol–water partition coefficient (Wildman–Crippen LogP) is 1.27. The van der Waals surface area contributed by atoms with Crippen molar-refractivity contribution in [2.45, 2.75) is 17.7 Å². The molecule has 0 heterocycles. The van der Waals surface area contributed by atoms with Crippen molar-refractivity contribution in [3.8, 4) is 0 Å². The van der Waals surface area contributed by atoms with Crippen molar-refractivity contribution in [2.75, 3.05) is 13.1 Å². The van der Waals surface area contributed by atoms with Crippen LogP contribution in [-0.2, 0) is 10.0 Å². The van der Waals surface area contributed by atoms with E-state index in [1.807, 2.05) is 0 Å². The third-order valence-corrected chi connectivity index (χ3v) is 4.07. The minimum absolute atomic E-state index is 0.105. The Bertz CT molecular complexity index is 562. The lowest BCUT2D eigenvalue weighted by atomic mass is 10.3. The standard InChI is InChI=1S/C10H14ClN3O4S/c11-8-3-4-10(9(7-8)14(15)16)19(17,18)13-6-2-1-5-12/h3-4,7,13H,1-2,5-6,12H2. The zero-order valence-electron chi connectivity index (χ0n) is 10.0. The normalized spacial score (nSPS) is 11.5. The first-order chi connectivity index (χ1) is 8.88. The number of nitrogens with zero attached hydrogens (tertiary/aromatic N) is 1. The Balaban J connectivity index is 2.98. The highest BCUT2D eigenvalue weighted by atomic mass is 35.5. The molecule has 0 aliphatic rings. The van der Waals surface area contributed by atoms with E-state index >= 15 is 0 Å². The number of nitro groups is 1. The van der Waals surface area contributed by atoms with Crippen LogP contribution in [0.4, 0.5) is 5.69 Å². The van der Waals surface area contributed by atoms with Crippen molar-refractivity contribution in [3.05, 3.63) is 33.3 Å². The molecule has 0 aliphatic heterocycles. The molecular formula is C10H14ClN3O4S. The van der Waals surface area contributed by atoms with Crippen LogP contribution in [0.1, 0.15) is 12.8 Å². The van der Waals surface area contributed by atoms with Gasteiger partial charge in [-0.1, -0.05) is 11.6 Å². The molecule has 0 amide bonds. The molecule has 0 unspecified atom stereocenters. The Morgan fingerprint density at radius 1 is 1.37 bits per heavy atom. The Morgan fingerprint density at radius 3 is 2.63 bits per heavy atom. The van der Waals surface area contributed by atoms with Gasteiger partial charge in [-0.15, -0.1) is 0 Å². The fraction of sp³-hybridized carbons (Fsp3) is 0.400. The summed E-state index contributed by atoms with van der Waals surface area (Å²) in [4.78, 5) is 9.66. The van der Waals surface area contributed by atoms with Gasteiger partial charge in [-0.2, -0.15) is 0 Å². The predicted molar refractivity (Wildman–Crippen MR) is 71.6 cm³/mol. The molecule has 106 valence electrons. The third-order valence-electron chi connectivity index (χ3n) is 2.33. The lowest BCUT2D eigenvalue weighted by Gasteiger charge is -2.07. The highest BCUT2D eigenvalue weighted by molar-refractivity contribution is 7.89. The summed E-state index contributed by atoms with van der Waals surface area (Å²) in [6.45, 7) is 0.641. The molecule has 0 saturated carbocycles. The fourth-order valence-corrected chi connectivity index (χ4v) is 2.80. The molecule has 1 aromatic carbocycles. The van der Waals surface area contributed by atoms with Gasteiger partial charge in [0.15, 0.2) is 4.90 Å². The minimum atomic E-state index is -3.92.